The van der Waals surface area contributed by atoms with E-state index in [1.807, 2.05) is 0 Å². The van der Waals surface area contributed by atoms with E-state index in [-0.39, 0.29) is 10.0 Å². The number of rotatable bonds is 30. The third-order valence-corrected chi connectivity index (χ3v) is 7.06. The zero-order valence-corrected chi connectivity index (χ0v) is 26.8. The molecule has 0 aliphatic carbocycles. The van der Waals surface area contributed by atoms with E-state index in [0.717, 1.165) is 51.7 Å². The van der Waals surface area contributed by atoms with Gasteiger partial charge in [-0.3, -0.25) is 0 Å². The summed E-state index contributed by atoms with van der Waals surface area (Å²) in [5.74, 6) is 0. The van der Waals surface area contributed by atoms with Gasteiger partial charge in [-0.1, -0.05) is 138 Å². The van der Waals surface area contributed by atoms with Gasteiger partial charge in [0.15, 0.2) is 0 Å². The molecule has 0 aromatic carbocycles. The summed E-state index contributed by atoms with van der Waals surface area (Å²) in [6, 6.07) is 0. The Labute approximate surface area is 246 Å². The molecule has 0 heterocycles. The van der Waals surface area contributed by atoms with Gasteiger partial charge in [0.25, 0.3) is 0 Å². The Balaban J connectivity index is 3.18. The van der Waals surface area contributed by atoms with Gasteiger partial charge in [-0.05, 0) is 77.0 Å². The van der Waals surface area contributed by atoms with Crippen LogP contribution < -0.4 is 0 Å². The first-order chi connectivity index (χ1) is 19.4. The van der Waals surface area contributed by atoms with Crippen LogP contribution in [-0.2, 0) is 8.85 Å². The highest BCUT2D eigenvalue weighted by molar-refractivity contribution is 6.17. The molecule has 0 aromatic rings. The quantitative estimate of drug-likeness (QED) is 0.0499. The van der Waals surface area contributed by atoms with Crippen molar-refractivity contribution in [2.24, 2.45) is 0 Å². The van der Waals surface area contributed by atoms with Gasteiger partial charge in [0.1, 0.15) is 0 Å². The van der Waals surface area contributed by atoms with Crippen LogP contribution in [0.5, 0.6) is 0 Å². The van der Waals surface area contributed by atoms with Crippen molar-refractivity contribution in [1.82, 2.24) is 0 Å². The summed E-state index contributed by atoms with van der Waals surface area (Å²) in [7, 11) is 0.223. The third kappa shape index (κ3) is 36.6. The van der Waals surface area contributed by atoms with Crippen LogP contribution in [-0.4, -0.2) is 23.2 Å². The van der Waals surface area contributed by atoms with Gasteiger partial charge in [0.05, 0.1) is 0 Å². The molecule has 0 aliphatic heterocycles. The third-order valence-electron chi connectivity index (χ3n) is 6.41. The van der Waals surface area contributed by atoms with E-state index >= 15 is 0 Å². The van der Waals surface area contributed by atoms with E-state index in [4.69, 9.17) is 8.85 Å². The molecule has 2 nitrogen and oxygen atoms in total. The minimum atomic E-state index is 0.223. The van der Waals surface area contributed by atoms with Crippen LogP contribution in [0, 0.1) is 0 Å². The zero-order chi connectivity index (χ0) is 28.2. The van der Waals surface area contributed by atoms with Crippen LogP contribution in [0.1, 0.15) is 142 Å². The highest BCUT2D eigenvalue weighted by atomic mass is 28.3. The predicted molar refractivity (Wildman–Crippen MR) is 176 cm³/mol. The van der Waals surface area contributed by atoms with Crippen LogP contribution in [0.2, 0.25) is 0 Å². The Morgan fingerprint density at radius 3 is 1.05 bits per heavy atom. The van der Waals surface area contributed by atoms with Crippen molar-refractivity contribution in [2.45, 2.75) is 142 Å². The minimum absolute atomic E-state index is 0.223. The summed E-state index contributed by atoms with van der Waals surface area (Å²) in [4.78, 5) is 0. The number of hydrogen-bond donors (Lipinski definition) is 0. The summed E-state index contributed by atoms with van der Waals surface area (Å²) in [6.07, 6.45) is 51.8. The highest BCUT2D eigenvalue weighted by Crippen LogP contribution is 2.09. The molecule has 0 fully saturated rings. The molecular formula is C36H62O2Si. The van der Waals surface area contributed by atoms with Gasteiger partial charge in [-0.2, -0.15) is 0 Å². The molecule has 0 spiro atoms. The molecule has 0 N–H and O–H groups in total. The molecule has 222 valence electrons. The maximum absolute atomic E-state index is 5.66. The first-order valence-electron chi connectivity index (χ1n) is 16.3. The second kappa shape index (κ2) is 36.6. The van der Waals surface area contributed by atoms with Crippen LogP contribution in [0.3, 0.4) is 0 Å². The predicted octanol–water partition coefficient (Wildman–Crippen LogP) is 11.7. The summed E-state index contributed by atoms with van der Waals surface area (Å²) in [5, 5.41) is 0. The van der Waals surface area contributed by atoms with E-state index in [0.29, 0.717) is 0 Å². The fourth-order valence-electron chi connectivity index (χ4n) is 4.07. The molecule has 0 aromatic heterocycles. The SMILES string of the molecule is CC/C=C\C/C=C\C/C=C\CCCCCCCCO[Si]OCCCCCCCC/C=C\C/C=C\C/C=C\CC. The molecule has 0 unspecified atom stereocenters. The van der Waals surface area contributed by atoms with Gasteiger partial charge in [0.2, 0.25) is 0 Å². The Kier molecular flexibility index (Phi) is 35.2. The first kappa shape index (κ1) is 37.6. The minimum Gasteiger partial charge on any atom is -0.393 e. The Hall–Kier alpha value is -1.42. The highest BCUT2D eigenvalue weighted by Gasteiger charge is 1.96. The molecule has 0 aliphatic rings. The van der Waals surface area contributed by atoms with Crippen LogP contribution in [0.4, 0.5) is 0 Å². The normalized spacial score (nSPS) is 12.8. The summed E-state index contributed by atoms with van der Waals surface area (Å²) < 4.78 is 11.3. The lowest BCUT2D eigenvalue weighted by Crippen LogP contribution is -2.07. The lowest BCUT2D eigenvalue weighted by atomic mass is 10.1. The number of hydrogen-bond acceptors (Lipinski definition) is 2. The Morgan fingerprint density at radius 2 is 0.667 bits per heavy atom. The fourth-order valence-corrected chi connectivity index (χ4v) is 4.60. The van der Waals surface area contributed by atoms with Crippen molar-refractivity contribution < 1.29 is 8.85 Å². The summed E-state index contributed by atoms with van der Waals surface area (Å²) in [6.45, 7) is 6.05. The second-order valence-corrected chi connectivity index (χ2v) is 10.9. The molecule has 2 radical (unpaired) electrons. The van der Waals surface area contributed by atoms with Crippen molar-refractivity contribution in [1.29, 1.82) is 0 Å². The van der Waals surface area contributed by atoms with Crippen molar-refractivity contribution in [3.05, 3.63) is 72.9 Å². The first-order valence-corrected chi connectivity index (χ1v) is 17.1. The molecule has 39 heavy (non-hydrogen) atoms. The van der Waals surface area contributed by atoms with Crippen LogP contribution in [0.15, 0.2) is 72.9 Å². The molecule has 0 bridgehead atoms. The van der Waals surface area contributed by atoms with Crippen LogP contribution in [0.25, 0.3) is 0 Å². The van der Waals surface area contributed by atoms with Gasteiger partial charge in [-0.25, -0.2) is 0 Å². The maximum atomic E-state index is 5.66. The van der Waals surface area contributed by atoms with E-state index in [9.17, 15) is 0 Å². The average molecular weight is 555 g/mol. The molecule has 3 heteroatoms. The fraction of sp³-hybridized carbons (Fsp3) is 0.667. The van der Waals surface area contributed by atoms with Crippen molar-refractivity contribution in [3.8, 4) is 0 Å². The Morgan fingerprint density at radius 1 is 0.359 bits per heavy atom. The summed E-state index contributed by atoms with van der Waals surface area (Å²) >= 11 is 0. The monoisotopic (exact) mass is 554 g/mol. The zero-order valence-electron chi connectivity index (χ0n) is 25.8. The smallest absolute Gasteiger partial charge is 0.393 e. The van der Waals surface area contributed by atoms with Crippen molar-refractivity contribution in [3.63, 3.8) is 0 Å². The lowest BCUT2D eigenvalue weighted by molar-refractivity contribution is 0.213. The molecule has 0 atom stereocenters. The largest absolute Gasteiger partial charge is 0.433 e. The van der Waals surface area contributed by atoms with Crippen molar-refractivity contribution in [2.75, 3.05) is 13.2 Å². The maximum Gasteiger partial charge on any atom is 0.433 e. The standard InChI is InChI=1S/C36H62O2Si/c1-3-5-7-9-11-13-15-17-19-21-23-25-27-29-31-33-35-37-39-38-36-34-32-30-28-26-24-22-20-18-16-14-12-10-8-6-4-2/h5-8,11-14,17-20H,3-4,9-10,15-16,21-36H2,1-2H3/b7-5-,8-6-,13-11-,14-12-,19-17-,20-18-. The second-order valence-electron chi connectivity index (χ2n) is 10.2. The topological polar surface area (TPSA) is 18.5 Å². The van der Waals surface area contributed by atoms with Crippen LogP contribution >= 0.6 is 0 Å². The van der Waals surface area contributed by atoms with Crippen molar-refractivity contribution >= 4 is 10.0 Å². The number of allylic oxidation sites excluding steroid dienone is 12. The van der Waals surface area contributed by atoms with E-state index in [1.165, 1.54) is 89.9 Å². The molecular weight excluding hydrogens is 492 g/mol. The number of unbranched alkanes of at least 4 members (excludes halogenated alkanes) is 12. The van der Waals surface area contributed by atoms with Gasteiger partial charge in [0, 0.05) is 13.2 Å². The molecule has 0 amide bonds. The van der Waals surface area contributed by atoms with Gasteiger partial charge >= 0.3 is 10.0 Å². The van der Waals surface area contributed by atoms with Gasteiger partial charge < -0.3 is 8.85 Å². The molecule has 0 rings (SSSR count). The van der Waals surface area contributed by atoms with E-state index < -0.39 is 0 Å². The Bertz CT molecular complexity index is 576. The summed E-state index contributed by atoms with van der Waals surface area (Å²) in [5.41, 5.74) is 0. The molecule has 0 saturated heterocycles. The van der Waals surface area contributed by atoms with E-state index in [2.05, 4.69) is 86.8 Å². The van der Waals surface area contributed by atoms with E-state index in [1.54, 1.807) is 0 Å². The lowest BCUT2D eigenvalue weighted by Gasteiger charge is -2.04. The molecule has 0 saturated carbocycles. The average Bonchev–Trinajstić information content (AvgIpc) is 2.95. The van der Waals surface area contributed by atoms with Gasteiger partial charge in [-0.15, -0.1) is 0 Å².